The fraction of sp³-hybridized carbons (Fsp3) is 0.750. The summed E-state index contributed by atoms with van der Waals surface area (Å²) in [5.41, 5.74) is -0.455. The van der Waals surface area contributed by atoms with Crippen LogP contribution in [0.4, 0.5) is 0 Å². The van der Waals surface area contributed by atoms with Gasteiger partial charge in [0.2, 0.25) is 0 Å². The lowest BCUT2D eigenvalue weighted by molar-refractivity contribution is -0.148. The zero-order valence-electron chi connectivity index (χ0n) is 9.71. The molecule has 86 valence electrons. The first-order valence-corrected chi connectivity index (χ1v) is 5.63. The van der Waals surface area contributed by atoms with Crippen molar-refractivity contribution in [2.75, 3.05) is 13.7 Å². The van der Waals surface area contributed by atoms with Gasteiger partial charge in [0.05, 0.1) is 7.11 Å². The summed E-state index contributed by atoms with van der Waals surface area (Å²) in [6.07, 6.45) is 5.80. The number of esters is 1. The molecular formula is C12H21NO2. The Hall–Kier alpha value is -0.830. The van der Waals surface area contributed by atoms with Gasteiger partial charge in [-0.05, 0) is 25.2 Å². The summed E-state index contributed by atoms with van der Waals surface area (Å²) >= 11 is 0. The lowest BCUT2D eigenvalue weighted by Crippen LogP contribution is -2.50. The lowest BCUT2D eigenvalue weighted by atomic mass is 9.95. The summed E-state index contributed by atoms with van der Waals surface area (Å²) in [6.45, 7) is 6.49. The predicted octanol–water partition coefficient (Wildman–Crippen LogP) is 1.88. The summed E-state index contributed by atoms with van der Waals surface area (Å²) in [5.74, 6) is 0.515. The number of hydrogen-bond acceptors (Lipinski definition) is 3. The Balaban J connectivity index is 2.69. The van der Waals surface area contributed by atoms with Crippen LogP contribution < -0.4 is 5.32 Å². The minimum absolute atomic E-state index is 0.125. The van der Waals surface area contributed by atoms with Crippen molar-refractivity contribution in [2.45, 2.75) is 38.1 Å². The molecular weight excluding hydrogens is 190 g/mol. The molecule has 0 aromatic rings. The first-order chi connectivity index (χ1) is 7.18. The van der Waals surface area contributed by atoms with E-state index in [2.05, 4.69) is 18.8 Å². The van der Waals surface area contributed by atoms with Crippen LogP contribution in [-0.4, -0.2) is 25.2 Å². The molecule has 0 saturated heterocycles. The van der Waals surface area contributed by atoms with Gasteiger partial charge in [-0.25, -0.2) is 0 Å². The first kappa shape index (κ1) is 12.2. The summed E-state index contributed by atoms with van der Waals surface area (Å²) < 4.78 is 4.89. The summed E-state index contributed by atoms with van der Waals surface area (Å²) in [6, 6.07) is 0. The van der Waals surface area contributed by atoms with Crippen molar-refractivity contribution in [1.29, 1.82) is 0 Å². The Morgan fingerprint density at radius 1 is 1.73 bits per heavy atom. The summed E-state index contributed by atoms with van der Waals surface area (Å²) in [4.78, 5) is 11.8. The third-order valence-electron chi connectivity index (χ3n) is 3.35. The predicted molar refractivity (Wildman–Crippen MR) is 60.6 cm³/mol. The highest BCUT2D eigenvalue weighted by atomic mass is 16.5. The van der Waals surface area contributed by atoms with E-state index in [0.717, 1.165) is 25.7 Å². The maximum absolute atomic E-state index is 11.8. The second-order valence-corrected chi connectivity index (χ2v) is 4.26. The molecule has 2 atom stereocenters. The van der Waals surface area contributed by atoms with E-state index in [1.807, 2.05) is 0 Å². The second kappa shape index (κ2) is 5.31. The second-order valence-electron chi connectivity index (χ2n) is 4.26. The molecule has 1 aliphatic carbocycles. The zero-order chi connectivity index (χ0) is 11.3. The normalized spacial score (nSPS) is 30.1. The number of carbonyl (C=O) groups is 1. The van der Waals surface area contributed by atoms with Crippen molar-refractivity contribution < 1.29 is 9.53 Å². The Morgan fingerprint density at radius 2 is 2.47 bits per heavy atom. The molecule has 1 saturated carbocycles. The molecule has 0 amide bonds. The maximum Gasteiger partial charge on any atom is 0.326 e. The fourth-order valence-corrected chi connectivity index (χ4v) is 2.38. The lowest BCUT2D eigenvalue weighted by Gasteiger charge is -2.27. The van der Waals surface area contributed by atoms with Gasteiger partial charge in [-0.15, -0.1) is 6.58 Å². The molecule has 3 nitrogen and oxygen atoms in total. The van der Waals surface area contributed by atoms with Crippen molar-refractivity contribution in [3.05, 3.63) is 12.7 Å². The third kappa shape index (κ3) is 2.59. The number of ether oxygens (including phenoxy) is 1. The van der Waals surface area contributed by atoms with Crippen LogP contribution in [0.25, 0.3) is 0 Å². The molecule has 2 unspecified atom stereocenters. The van der Waals surface area contributed by atoms with Crippen molar-refractivity contribution in [3.63, 3.8) is 0 Å². The van der Waals surface area contributed by atoms with E-state index in [9.17, 15) is 4.79 Å². The molecule has 1 N–H and O–H groups in total. The van der Waals surface area contributed by atoms with Crippen LogP contribution >= 0.6 is 0 Å². The van der Waals surface area contributed by atoms with E-state index in [0.29, 0.717) is 12.5 Å². The molecule has 1 aliphatic rings. The highest BCUT2D eigenvalue weighted by Gasteiger charge is 2.45. The average Bonchev–Trinajstić information content (AvgIpc) is 2.70. The minimum Gasteiger partial charge on any atom is -0.468 e. The third-order valence-corrected chi connectivity index (χ3v) is 3.35. The number of nitrogens with one attached hydrogen (secondary N) is 1. The van der Waals surface area contributed by atoms with E-state index in [1.165, 1.54) is 7.11 Å². The summed E-state index contributed by atoms with van der Waals surface area (Å²) in [5, 5.41) is 3.27. The molecule has 0 aliphatic heterocycles. The Kier molecular flexibility index (Phi) is 4.33. The topological polar surface area (TPSA) is 38.3 Å². The van der Waals surface area contributed by atoms with Crippen LogP contribution in [0.2, 0.25) is 0 Å². The molecule has 15 heavy (non-hydrogen) atoms. The average molecular weight is 211 g/mol. The molecule has 0 aromatic heterocycles. The van der Waals surface area contributed by atoms with Gasteiger partial charge in [-0.3, -0.25) is 10.1 Å². The number of methoxy groups -OCH3 is 1. The highest BCUT2D eigenvalue weighted by Crippen LogP contribution is 2.37. The quantitative estimate of drug-likeness (QED) is 0.557. The van der Waals surface area contributed by atoms with Gasteiger partial charge < -0.3 is 4.74 Å². The molecule has 3 heteroatoms. The van der Waals surface area contributed by atoms with E-state index >= 15 is 0 Å². The van der Waals surface area contributed by atoms with Gasteiger partial charge in [0.15, 0.2) is 0 Å². The number of hydrogen-bond donors (Lipinski definition) is 1. The number of rotatable bonds is 5. The van der Waals surface area contributed by atoms with Crippen molar-refractivity contribution in [3.8, 4) is 0 Å². The van der Waals surface area contributed by atoms with Crippen LogP contribution in [0.15, 0.2) is 12.7 Å². The van der Waals surface area contributed by atoms with E-state index < -0.39 is 5.54 Å². The first-order valence-electron chi connectivity index (χ1n) is 5.63. The van der Waals surface area contributed by atoms with Gasteiger partial charge in [0, 0.05) is 6.54 Å². The molecule has 0 bridgehead atoms. The Bertz CT molecular complexity index is 240. The molecule has 1 fully saturated rings. The van der Waals surface area contributed by atoms with Crippen molar-refractivity contribution in [2.24, 2.45) is 5.92 Å². The highest BCUT2D eigenvalue weighted by molar-refractivity contribution is 5.81. The standard InChI is InChI=1S/C12H21NO2/c1-4-8-13-12(11(14)15-3)7-6-10(5-2)9-12/h4,10,13H,1,5-9H2,2-3H3. The van der Waals surface area contributed by atoms with Gasteiger partial charge in [-0.1, -0.05) is 19.4 Å². The van der Waals surface area contributed by atoms with Gasteiger partial charge >= 0.3 is 5.97 Å². The van der Waals surface area contributed by atoms with Crippen molar-refractivity contribution in [1.82, 2.24) is 5.32 Å². The largest absolute Gasteiger partial charge is 0.468 e. The van der Waals surface area contributed by atoms with E-state index in [1.54, 1.807) is 6.08 Å². The maximum atomic E-state index is 11.8. The van der Waals surface area contributed by atoms with Crippen LogP contribution in [0.3, 0.4) is 0 Å². The van der Waals surface area contributed by atoms with Crippen LogP contribution in [0.5, 0.6) is 0 Å². The molecule has 0 heterocycles. The van der Waals surface area contributed by atoms with E-state index in [4.69, 9.17) is 4.74 Å². The van der Waals surface area contributed by atoms with Crippen molar-refractivity contribution >= 4 is 5.97 Å². The van der Waals surface area contributed by atoms with Gasteiger partial charge in [0.25, 0.3) is 0 Å². The number of carbonyl (C=O) groups excluding carboxylic acids is 1. The molecule has 0 spiro atoms. The molecule has 0 radical (unpaired) electrons. The fourth-order valence-electron chi connectivity index (χ4n) is 2.38. The van der Waals surface area contributed by atoms with E-state index in [-0.39, 0.29) is 5.97 Å². The minimum atomic E-state index is -0.455. The SMILES string of the molecule is C=CCNC1(C(=O)OC)CCC(CC)C1. The summed E-state index contributed by atoms with van der Waals surface area (Å²) in [7, 11) is 1.46. The monoisotopic (exact) mass is 211 g/mol. The Labute approximate surface area is 91.9 Å². The zero-order valence-corrected chi connectivity index (χ0v) is 9.71. The molecule has 1 rings (SSSR count). The van der Waals surface area contributed by atoms with Gasteiger partial charge in [0.1, 0.15) is 5.54 Å². The van der Waals surface area contributed by atoms with Gasteiger partial charge in [-0.2, -0.15) is 0 Å². The van der Waals surface area contributed by atoms with Crippen LogP contribution in [0, 0.1) is 5.92 Å². The smallest absolute Gasteiger partial charge is 0.326 e. The van der Waals surface area contributed by atoms with Crippen LogP contribution in [-0.2, 0) is 9.53 Å². The molecule has 0 aromatic carbocycles. The Morgan fingerprint density at radius 3 is 2.93 bits per heavy atom. The van der Waals surface area contributed by atoms with Crippen LogP contribution in [0.1, 0.15) is 32.6 Å².